The highest BCUT2D eigenvalue weighted by Crippen LogP contribution is 2.22. The molecule has 0 aliphatic heterocycles. The molecule has 0 aliphatic carbocycles. The number of hydrogen-bond donors (Lipinski definition) is 2. The number of amides is 1. The summed E-state index contributed by atoms with van der Waals surface area (Å²) in [6.45, 7) is 4.30. The number of ether oxygens (including phenoxy) is 1. The van der Waals surface area contributed by atoms with Gasteiger partial charge in [-0.25, -0.2) is 0 Å². The summed E-state index contributed by atoms with van der Waals surface area (Å²) in [6, 6.07) is 7.74. The zero-order valence-corrected chi connectivity index (χ0v) is 14.7. The molecule has 0 aliphatic rings. The molecule has 1 amide bonds. The molecule has 0 fully saturated rings. The van der Waals surface area contributed by atoms with Crippen molar-refractivity contribution < 1.29 is 19.4 Å². The first-order valence-corrected chi connectivity index (χ1v) is 8.09. The Bertz CT molecular complexity index is 768. The van der Waals surface area contributed by atoms with E-state index in [-0.39, 0.29) is 18.7 Å². The maximum absolute atomic E-state index is 12.0. The minimum Gasteiger partial charge on any atom is -0.497 e. The zero-order valence-electron chi connectivity index (χ0n) is 14.7. The maximum atomic E-state index is 12.0. The molecule has 0 saturated carbocycles. The molecule has 134 valence electrons. The molecule has 0 unspecified atom stereocenters. The van der Waals surface area contributed by atoms with E-state index in [9.17, 15) is 9.59 Å². The van der Waals surface area contributed by atoms with Crippen LogP contribution in [0.5, 0.6) is 5.75 Å². The molecule has 7 nitrogen and oxygen atoms in total. The van der Waals surface area contributed by atoms with Crippen LogP contribution in [0.15, 0.2) is 24.3 Å². The number of carbonyl (C=O) groups excluding carboxylic acids is 1. The summed E-state index contributed by atoms with van der Waals surface area (Å²) < 4.78 is 7.06. The maximum Gasteiger partial charge on any atom is 0.303 e. The van der Waals surface area contributed by atoms with Gasteiger partial charge in [-0.3, -0.25) is 14.3 Å². The van der Waals surface area contributed by atoms with E-state index in [0.29, 0.717) is 18.7 Å². The molecule has 0 spiro atoms. The standard InChI is InChI=1S/C18H23N3O4/c1-12-18(19-16(22)8-5-9-17(23)24)13(2)21(20-12)11-14-6-4-7-15(10-14)25-3/h4,6-7,10H,5,8-9,11H2,1-3H3,(H,19,22)(H,23,24). The first kappa shape index (κ1) is 18.5. The summed E-state index contributed by atoms with van der Waals surface area (Å²) in [4.78, 5) is 22.5. The fraction of sp³-hybridized carbons (Fsp3) is 0.389. The summed E-state index contributed by atoms with van der Waals surface area (Å²) >= 11 is 0. The molecule has 0 bridgehead atoms. The third-order valence-corrected chi connectivity index (χ3v) is 3.91. The molecule has 0 saturated heterocycles. The number of hydrogen-bond acceptors (Lipinski definition) is 4. The van der Waals surface area contributed by atoms with Crippen molar-refractivity contribution in [1.29, 1.82) is 0 Å². The number of methoxy groups -OCH3 is 1. The number of aromatic nitrogens is 2. The molecule has 0 radical (unpaired) electrons. The second-order valence-electron chi connectivity index (χ2n) is 5.85. The van der Waals surface area contributed by atoms with Crippen LogP contribution in [0.2, 0.25) is 0 Å². The summed E-state index contributed by atoms with van der Waals surface area (Å²) in [5.41, 5.74) is 3.31. The normalized spacial score (nSPS) is 10.5. The molecule has 2 aromatic rings. The molecule has 7 heteroatoms. The Kier molecular flexibility index (Phi) is 6.16. The molecule has 1 heterocycles. The quantitative estimate of drug-likeness (QED) is 0.767. The minimum absolute atomic E-state index is 0.0134. The van der Waals surface area contributed by atoms with Crippen molar-refractivity contribution in [2.75, 3.05) is 12.4 Å². The lowest BCUT2D eigenvalue weighted by Crippen LogP contribution is -2.13. The van der Waals surface area contributed by atoms with E-state index in [1.165, 1.54) is 0 Å². The number of nitrogens with zero attached hydrogens (tertiary/aromatic N) is 2. The van der Waals surface area contributed by atoms with Gasteiger partial charge in [0, 0.05) is 12.8 Å². The van der Waals surface area contributed by atoms with Crippen molar-refractivity contribution in [3.8, 4) is 5.75 Å². The predicted octanol–water partition coefficient (Wildman–Crippen LogP) is 2.75. The van der Waals surface area contributed by atoms with Gasteiger partial charge in [-0.15, -0.1) is 0 Å². The zero-order chi connectivity index (χ0) is 18.4. The number of benzene rings is 1. The van der Waals surface area contributed by atoms with Crippen LogP contribution in [-0.2, 0) is 16.1 Å². The fourth-order valence-corrected chi connectivity index (χ4v) is 2.58. The van der Waals surface area contributed by atoms with E-state index in [2.05, 4.69) is 10.4 Å². The lowest BCUT2D eigenvalue weighted by Gasteiger charge is -2.08. The van der Waals surface area contributed by atoms with Crippen LogP contribution < -0.4 is 10.1 Å². The highest BCUT2D eigenvalue weighted by molar-refractivity contribution is 5.92. The van der Waals surface area contributed by atoms with Gasteiger partial charge in [-0.2, -0.15) is 5.10 Å². The summed E-state index contributed by atoms with van der Waals surface area (Å²) in [6.07, 6.45) is 0.476. The minimum atomic E-state index is -0.897. The Labute approximate surface area is 146 Å². The van der Waals surface area contributed by atoms with E-state index in [0.717, 1.165) is 22.7 Å². The highest BCUT2D eigenvalue weighted by atomic mass is 16.5. The number of aliphatic carboxylic acids is 1. The van der Waals surface area contributed by atoms with Gasteiger partial charge in [0.05, 0.1) is 30.7 Å². The number of carbonyl (C=O) groups is 2. The van der Waals surface area contributed by atoms with E-state index in [1.54, 1.807) is 7.11 Å². The van der Waals surface area contributed by atoms with Crippen LogP contribution in [-0.4, -0.2) is 33.9 Å². The second kappa shape index (κ2) is 8.32. The van der Waals surface area contributed by atoms with E-state index >= 15 is 0 Å². The molecule has 1 aromatic carbocycles. The first-order chi connectivity index (χ1) is 11.9. The predicted molar refractivity (Wildman–Crippen MR) is 93.9 cm³/mol. The Morgan fingerprint density at radius 1 is 1.28 bits per heavy atom. The van der Waals surface area contributed by atoms with Crippen LogP contribution >= 0.6 is 0 Å². The number of rotatable bonds is 8. The average Bonchev–Trinajstić information content (AvgIpc) is 2.82. The highest BCUT2D eigenvalue weighted by Gasteiger charge is 2.14. The second-order valence-corrected chi connectivity index (χ2v) is 5.85. The van der Waals surface area contributed by atoms with Gasteiger partial charge in [0.1, 0.15) is 5.75 Å². The molecular formula is C18H23N3O4. The molecule has 1 aromatic heterocycles. The van der Waals surface area contributed by atoms with E-state index < -0.39 is 5.97 Å². The third kappa shape index (κ3) is 5.07. The first-order valence-electron chi connectivity index (χ1n) is 8.09. The third-order valence-electron chi connectivity index (χ3n) is 3.91. The smallest absolute Gasteiger partial charge is 0.303 e. The van der Waals surface area contributed by atoms with E-state index in [1.807, 2.05) is 42.8 Å². The number of aryl methyl sites for hydroxylation is 1. The Balaban J connectivity index is 2.06. The largest absolute Gasteiger partial charge is 0.497 e. The van der Waals surface area contributed by atoms with Crippen LogP contribution in [0.4, 0.5) is 5.69 Å². The van der Waals surface area contributed by atoms with Crippen LogP contribution in [0.1, 0.15) is 36.2 Å². The van der Waals surface area contributed by atoms with Crippen LogP contribution in [0.25, 0.3) is 0 Å². The summed E-state index contributed by atoms with van der Waals surface area (Å²) in [7, 11) is 1.63. The lowest BCUT2D eigenvalue weighted by atomic mass is 10.2. The van der Waals surface area contributed by atoms with Gasteiger partial charge in [0.2, 0.25) is 5.91 Å². The molecular weight excluding hydrogens is 322 g/mol. The lowest BCUT2D eigenvalue weighted by molar-refractivity contribution is -0.137. The van der Waals surface area contributed by atoms with Gasteiger partial charge in [-0.05, 0) is 38.0 Å². The molecule has 0 atom stereocenters. The SMILES string of the molecule is COc1cccc(Cn2nc(C)c(NC(=O)CCCC(=O)O)c2C)c1. The summed E-state index contributed by atoms with van der Waals surface area (Å²) in [5.74, 6) is -0.314. The van der Waals surface area contributed by atoms with Gasteiger partial charge < -0.3 is 15.2 Å². The topological polar surface area (TPSA) is 93.5 Å². The van der Waals surface area contributed by atoms with Gasteiger partial charge in [-0.1, -0.05) is 12.1 Å². The molecule has 25 heavy (non-hydrogen) atoms. The van der Waals surface area contributed by atoms with E-state index in [4.69, 9.17) is 9.84 Å². The number of nitrogens with one attached hydrogen (secondary N) is 1. The molecule has 2 rings (SSSR count). The number of carboxylic acid groups (broad SMARTS) is 1. The number of carboxylic acids is 1. The van der Waals surface area contributed by atoms with Gasteiger partial charge in [0.25, 0.3) is 0 Å². The Hall–Kier alpha value is -2.83. The average molecular weight is 345 g/mol. The fourth-order valence-electron chi connectivity index (χ4n) is 2.58. The Morgan fingerprint density at radius 2 is 2.04 bits per heavy atom. The van der Waals surface area contributed by atoms with Gasteiger partial charge in [0.15, 0.2) is 0 Å². The van der Waals surface area contributed by atoms with Crippen molar-refractivity contribution in [2.45, 2.75) is 39.7 Å². The monoisotopic (exact) mass is 345 g/mol. The van der Waals surface area contributed by atoms with Gasteiger partial charge >= 0.3 is 5.97 Å². The van der Waals surface area contributed by atoms with Crippen molar-refractivity contribution in [2.24, 2.45) is 0 Å². The van der Waals surface area contributed by atoms with Crippen LogP contribution in [0.3, 0.4) is 0 Å². The van der Waals surface area contributed by atoms with Crippen molar-refractivity contribution >= 4 is 17.6 Å². The number of anilines is 1. The Morgan fingerprint density at radius 3 is 2.72 bits per heavy atom. The summed E-state index contributed by atoms with van der Waals surface area (Å²) in [5, 5.41) is 16.0. The van der Waals surface area contributed by atoms with Crippen LogP contribution in [0, 0.1) is 13.8 Å². The van der Waals surface area contributed by atoms with Crippen molar-refractivity contribution in [1.82, 2.24) is 9.78 Å². The van der Waals surface area contributed by atoms with Crippen molar-refractivity contribution in [3.63, 3.8) is 0 Å². The molecule has 2 N–H and O–H groups in total. The van der Waals surface area contributed by atoms with Crippen molar-refractivity contribution in [3.05, 3.63) is 41.2 Å².